The second-order valence-electron chi connectivity index (χ2n) is 20.5. The summed E-state index contributed by atoms with van der Waals surface area (Å²) in [5.74, 6) is 0.942. The predicted octanol–water partition coefficient (Wildman–Crippen LogP) is 15.8. The summed E-state index contributed by atoms with van der Waals surface area (Å²) < 4.78 is 4.66. The van der Waals surface area contributed by atoms with Crippen molar-refractivity contribution in [1.29, 1.82) is 0 Å². The van der Waals surface area contributed by atoms with Crippen LogP contribution in [0.3, 0.4) is 0 Å². The van der Waals surface area contributed by atoms with Crippen LogP contribution in [-0.2, 0) is 16.2 Å². The first-order valence-corrected chi connectivity index (χ1v) is 22.7. The van der Waals surface area contributed by atoms with E-state index in [1.807, 2.05) is 12.3 Å². The maximum Gasteiger partial charge on any atom is 0.149 e. The Morgan fingerprint density at radius 1 is 0.462 bits per heavy atom. The molecule has 0 radical (unpaired) electrons. The van der Waals surface area contributed by atoms with E-state index in [1.54, 1.807) is 0 Å². The number of phenolic OH excluding ortho intramolecular Hbond substituents is 1. The number of phenols is 1. The molecule has 0 saturated heterocycles. The maximum atomic E-state index is 12.6. The van der Waals surface area contributed by atoms with E-state index in [0.29, 0.717) is 11.4 Å². The third-order valence-corrected chi connectivity index (χ3v) is 12.9. The molecule has 1 N–H and O–H groups in total. The minimum Gasteiger partial charge on any atom is -0.507 e. The molecule has 322 valence electrons. The molecule has 0 amide bonds. The Kier molecular flexibility index (Phi) is 9.95. The molecule has 0 saturated carbocycles. The number of hydrogen-bond donors (Lipinski definition) is 1. The minimum absolute atomic E-state index is 0.0798. The van der Waals surface area contributed by atoms with Gasteiger partial charge in [0.05, 0.1) is 39.0 Å². The average molecular weight is 849 g/mol. The lowest BCUT2D eigenvalue weighted by atomic mass is 9.79. The number of aromatic hydroxyl groups is 1. The Balaban J connectivity index is 1.34. The molecule has 0 aliphatic heterocycles. The summed E-state index contributed by atoms with van der Waals surface area (Å²) in [5.41, 5.74) is 15.6. The Labute approximate surface area is 382 Å². The Morgan fingerprint density at radius 3 is 1.82 bits per heavy atom. The van der Waals surface area contributed by atoms with E-state index in [2.05, 4.69) is 229 Å². The molecule has 0 atom stereocenters. The van der Waals surface area contributed by atoms with Gasteiger partial charge in [-0.05, 0) is 105 Å². The number of fused-ring (bicyclic) bond motifs is 4. The summed E-state index contributed by atoms with van der Waals surface area (Å²) >= 11 is 0. The largest absolute Gasteiger partial charge is 0.507 e. The third-order valence-electron chi connectivity index (χ3n) is 12.9. The van der Waals surface area contributed by atoms with Crippen LogP contribution >= 0.6 is 0 Å². The number of benzene rings is 7. The van der Waals surface area contributed by atoms with Gasteiger partial charge in [-0.3, -0.25) is 9.55 Å². The molecule has 0 bridgehead atoms. The van der Waals surface area contributed by atoms with E-state index in [1.165, 1.54) is 5.56 Å². The predicted molar refractivity (Wildman–Crippen MR) is 273 cm³/mol. The SMILES string of the molecule is CC(C)(C)c1ccc(-n2c(-c3cc(C(C)(C)C)cc(C(C)(C)C)c3O)nc3c(-c4cc(-c5ccccn5)c5c(c4)c4ccccc4n5-c4ccccc4)cccc32)c(-c2ccccc2)c1. The van der Waals surface area contributed by atoms with Crippen molar-refractivity contribution in [2.75, 3.05) is 0 Å². The van der Waals surface area contributed by atoms with Gasteiger partial charge in [-0.1, -0.05) is 159 Å². The smallest absolute Gasteiger partial charge is 0.149 e. The first-order chi connectivity index (χ1) is 31.1. The van der Waals surface area contributed by atoms with E-state index in [0.717, 1.165) is 88.9 Å². The molecular weight excluding hydrogens is 793 g/mol. The second-order valence-corrected chi connectivity index (χ2v) is 20.5. The topological polar surface area (TPSA) is 55.9 Å². The van der Waals surface area contributed by atoms with Crippen LogP contribution in [-0.4, -0.2) is 24.2 Å². The lowest BCUT2D eigenvalue weighted by molar-refractivity contribution is 0.446. The van der Waals surface area contributed by atoms with Crippen molar-refractivity contribution in [2.45, 2.75) is 78.6 Å². The summed E-state index contributed by atoms with van der Waals surface area (Å²) in [6.45, 7) is 20.0. The average Bonchev–Trinajstić information content (AvgIpc) is 3.85. The molecule has 7 aromatic carbocycles. The van der Waals surface area contributed by atoms with Crippen LogP contribution in [0.4, 0.5) is 0 Å². The molecule has 10 aromatic rings. The number of imidazole rings is 1. The fourth-order valence-electron chi connectivity index (χ4n) is 9.43. The van der Waals surface area contributed by atoms with E-state index in [9.17, 15) is 5.11 Å². The summed E-state index contributed by atoms with van der Waals surface area (Å²) in [5, 5.41) is 14.9. The molecule has 0 aliphatic carbocycles. The molecule has 3 aromatic heterocycles. The molecule has 0 fully saturated rings. The summed E-state index contributed by atoms with van der Waals surface area (Å²) in [6.07, 6.45) is 1.87. The molecule has 0 aliphatic rings. The van der Waals surface area contributed by atoms with Gasteiger partial charge in [0.1, 0.15) is 11.6 Å². The summed E-state index contributed by atoms with van der Waals surface area (Å²) in [6, 6.07) is 58.4. The van der Waals surface area contributed by atoms with Gasteiger partial charge in [-0.2, -0.15) is 0 Å². The Hall–Kier alpha value is -7.24. The van der Waals surface area contributed by atoms with Gasteiger partial charge in [-0.25, -0.2) is 4.98 Å². The highest BCUT2D eigenvalue weighted by molar-refractivity contribution is 6.15. The quantitative estimate of drug-likeness (QED) is 0.181. The zero-order chi connectivity index (χ0) is 45.4. The van der Waals surface area contributed by atoms with Crippen molar-refractivity contribution in [1.82, 2.24) is 19.1 Å². The van der Waals surface area contributed by atoms with Crippen LogP contribution < -0.4 is 0 Å². The first kappa shape index (κ1) is 41.8. The number of para-hydroxylation sites is 3. The molecule has 0 spiro atoms. The highest BCUT2D eigenvalue weighted by Gasteiger charge is 2.30. The van der Waals surface area contributed by atoms with Gasteiger partial charge in [0, 0.05) is 44.9 Å². The second kappa shape index (κ2) is 15.5. The number of nitrogens with zero attached hydrogens (tertiary/aromatic N) is 4. The van der Waals surface area contributed by atoms with Gasteiger partial charge in [0.15, 0.2) is 0 Å². The van der Waals surface area contributed by atoms with Crippen molar-refractivity contribution in [3.63, 3.8) is 0 Å². The standard InChI is InChI=1S/C60H56N4O/c1-58(2,3)40-30-31-52(45(35-40)38-21-12-10-13-22-38)64-53-29-20-26-43(54(53)62-57(64)48-36-41(59(4,5)6)37-49(56(48)65)60(7,8)9)39-33-46-44-25-16-17-28-51(44)63(42-23-14-11-15-24-42)55(46)47(34-39)50-27-18-19-32-61-50/h10-37,65H,1-9H3. The van der Waals surface area contributed by atoms with E-state index >= 15 is 0 Å². The normalized spacial score (nSPS) is 12.4. The van der Waals surface area contributed by atoms with Crippen molar-refractivity contribution in [2.24, 2.45) is 0 Å². The molecule has 3 heterocycles. The van der Waals surface area contributed by atoms with Crippen molar-refractivity contribution >= 4 is 32.8 Å². The number of aromatic nitrogens is 4. The Bertz CT molecular complexity index is 3410. The number of rotatable bonds is 6. The lowest BCUT2D eigenvalue weighted by Gasteiger charge is -2.28. The van der Waals surface area contributed by atoms with Crippen LogP contribution in [0.5, 0.6) is 5.75 Å². The van der Waals surface area contributed by atoms with Crippen molar-refractivity contribution in [3.8, 4) is 62.0 Å². The van der Waals surface area contributed by atoms with Crippen LogP contribution in [0, 0.1) is 0 Å². The van der Waals surface area contributed by atoms with Crippen LogP contribution in [0.15, 0.2) is 170 Å². The first-order valence-electron chi connectivity index (χ1n) is 22.7. The van der Waals surface area contributed by atoms with Gasteiger partial charge in [0.25, 0.3) is 0 Å². The lowest BCUT2D eigenvalue weighted by Crippen LogP contribution is -2.17. The number of pyridine rings is 1. The highest BCUT2D eigenvalue weighted by Crippen LogP contribution is 2.47. The monoisotopic (exact) mass is 848 g/mol. The summed E-state index contributed by atoms with van der Waals surface area (Å²) in [4.78, 5) is 10.7. The molecule has 10 rings (SSSR count). The van der Waals surface area contributed by atoms with Crippen molar-refractivity contribution in [3.05, 3.63) is 187 Å². The third kappa shape index (κ3) is 7.29. The zero-order valence-corrected chi connectivity index (χ0v) is 38.9. The minimum atomic E-state index is -0.331. The highest BCUT2D eigenvalue weighted by atomic mass is 16.3. The molecule has 5 heteroatoms. The fraction of sp³-hybridized carbons (Fsp3) is 0.200. The van der Waals surface area contributed by atoms with Gasteiger partial charge < -0.3 is 9.67 Å². The zero-order valence-electron chi connectivity index (χ0n) is 38.9. The molecule has 0 unspecified atom stereocenters. The maximum absolute atomic E-state index is 12.6. The number of hydrogen-bond acceptors (Lipinski definition) is 3. The van der Waals surface area contributed by atoms with Crippen LogP contribution in [0.25, 0.3) is 89.1 Å². The molecule has 5 nitrogen and oxygen atoms in total. The van der Waals surface area contributed by atoms with Gasteiger partial charge in [-0.15, -0.1) is 0 Å². The summed E-state index contributed by atoms with van der Waals surface area (Å²) in [7, 11) is 0. The molecule has 65 heavy (non-hydrogen) atoms. The van der Waals surface area contributed by atoms with E-state index < -0.39 is 0 Å². The van der Waals surface area contributed by atoms with Gasteiger partial charge >= 0.3 is 0 Å². The Morgan fingerprint density at radius 2 is 1.12 bits per heavy atom. The van der Waals surface area contributed by atoms with Crippen molar-refractivity contribution < 1.29 is 5.11 Å². The fourth-order valence-corrected chi connectivity index (χ4v) is 9.43. The molecular formula is C60H56N4O. The van der Waals surface area contributed by atoms with Gasteiger partial charge in [0.2, 0.25) is 0 Å². The van der Waals surface area contributed by atoms with E-state index in [4.69, 9.17) is 9.97 Å². The van der Waals surface area contributed by atoms with Crippen LogP contribution in [0.1, 0.15) is 79.0 Å². The van der Waals surface area contributed by atoms with Crippen LogP contribution in [0.2, 0.25) is 0 Å². The van der Waals surface area contributed by atoms with E-state index in [-0.39, 0.29) is 22.0 Å².